The van der Waals surface area contributed by atoms with Crippen LogP contribution in [0, 0.1) is 6.57 Å². The lowest BCUT2D eigenvalue weighted by Crippen LogP contribution is -1.93. The maximum Gasteiger partial charge on any atom is 0.218 e. The summed E-state index contributed by atoms with van der Waals surface area (Å²) >= 11 is 0. The molecule has 1 aromatic carbocycles. The van der Waals surface area contributed by atoms with Crippen LogP contribution in [0.5, 0.6) is 5.75 Å². The third kappa shape index (κ3) is 3.16. The molecule has 13 heavy (non-hydrogen) atoms. The molecule has 0 atom stereocenters. The average Bonchev–Trinajstić information content (AvgIpc) is 2.16. The summed E-state index contributed by atoms with van der Waals surface area (Å²) in [7, 11) is 0. The Morgan fingerprint density at radius 2 is 2.31 bits per heavy atom. The molecule has 0 aromatic heterocycles. The highest BCUT2D eigenvalue weighted by Crippen LogP contribution is 2.13. The van der Waals surface area contributed by atoms with Crippen molar-refractivity contribution in [3.63, 3.8) is 0 Å². The normalized spacial score (nSPS) is 9.23. The van der Waals surface area contributed by atoms with Gasteiger partial charge >= 0.3 is 0 Å². The Bertz CT molecular complexity index is 301. The van der Waals surface area contributed by atoms with Crippen molar-refractivity contribution in [2.45, 2.75) is 13.3 Å². The molecule has 0 heterocycles. The van der Waals surface area contributed by atoms with E-state index >= 15 is 0 Å². The third-order valence-electron chi connectivity index (χ3n) is 1.72. The van der Waals surface area contributed by atoms with Crippen molar-refractivity contribution in [1.82, 2.24) is 0 Å². The molecule has 0 aliphatic heterocycles. The van der Waals surface area contributed by atoms with E-state index in [1.54, 1.807) is 0 Å². The van der Waals surface area contributed by atoms with Crippen molar-refractivity contribution in [3.8, 4) is 5.75 Å². The Morgan fingerprint density at radius 1 is 1.46 bits per heavy atom. The predicted octanol–water partition coefficient (Wildman–Crippen LogP) is 2.55. The van der Waals surface area contributed by atoms with Gasteiger partial charge < -0.3 is 9.58 Å². The molecular weight excluding hydrogens is 162 g/mol. The molecular formula is C11H13NO. The summed E-state index contributed by atoms with van der Waals surface area (Å²) < 4.78 is 5.35. The van der Waals surface area contributed by atoms with E-state index < -0.39 is 0 Å². The van der Waals surface area contributed by atoms with Crippen molar-refractivity contribution in [1.29, 1.82) is 0 Å². The van der Waals surface area contributed by atoms with Crippen molar-refractivity contribution in [2.24, 2.45) is 0 Å². The molecule has 0 fully saturated rings. The van der Waals surface area contributed by atoms with Crippen LogP contribution >= 0.6 is 0 Å². The summed E-state index contributed by atoms with van der Waals surface area (Å²) in [6, 6.07) is 7.91. The highest BCUT2D eigenvalue weighted by molar-refractivity contribution is 5.28. The number of ether oxygens (including phenoxy) is 1. The number of hydrogen-bond acceptors (Lipinski definition) is 1. The van der Waals surface area contributed by atoms with Crippen LogP contribution in [0.1, 0.15) is 12.5 Å². The van der Waals surface area contributed by atoms with E-state index in [9.17, 15) is 0 Å². The van der Waals surface area contributed by atoms with Gasteiger partial charge in [-0.25, -0.2) is 6.57 Å². The van der Waals surface area contributed by atoms with Crippen LogP contribution in [0.4, 0.5) is 0 Å². The fourth-order valence-corrected chi connectivity index (χ4v) is 1.14. The highest BCUT2D eigenvalue weighted by Gasteiger charge is 1.96. The summed E-state index contributed by atoms with van der Waals surface area (Å²) in [5, 5.41) is 0. The molecule has 2 heteroatoms. The summed E-state index contributed by atoms with van der Waals surface area (Å²) in [4.78, 5) is 3.32. The fourth-order valence-electron chi connectivity index (χ4n) is 1.14. The summed E-state index contributed by atoms with van der Waals surface area (Å²) in [5.41, 5.74) is 1.17. The second-order valence-corrected chi connectivity index (χ2v) is 2.71. The predicted molar refractivity (Wildman–Crippen MR) is 52.8 cm³/mol. The monoisotopic (exact) mass is 175 g/mol. The van der Waals surface area contributed by atoms with Gasteiger partial charge in [-0.1, -0.05) is 12.1 Å². The van der Waals surface area contributed by atoms with E-state index in [1.165, 1.54) is 5.56 Å². The minimum atomic E-state index is 0.551. The SMILES string of the molecule is [C-]#[N+]CCc1cccc(OCC)c1. The van der Waals surface area contributed by atoms with Crippen LogP contribution in [-0.4, -0.2) is 13.2 Å². The molecule has 0 saturated heterocycles. The molecule has 0 aliphatic carbocycles. The molecule has 0 unspecified atom stereocenters. The quantitative estimate of drug-likeness (QED) is 0.641. The van der Waals surface area contributed by atoms with Crippen molar-refractivity contribution >= 4 is 0 Å². The van der Waals surface area contributed by atoms with Crippen LogP contribution in [0.2, 0.25) is 0 Å². The zero-order chi connectivity index (χ0) is 9.52. The lowest BCUT2D eigenvalue weighted by Gasteiger charge is -2.03. The molecule has 1 aromatic rings. The van der Waals surface area contributed by atoms with Crippen LogP contribution in [-0.2, 0) is 6.42 Å². The van der Waals surface area contributed by atoms with E-state index in [0.717, 1.165) is 12.2 Å². The lowest BCUT2D eigenvalue weighted by atomic mass is 10.1. The van der Waals surface area contributed by atoms with E-state index in [-0.39, 0.29) is 0 Å². The van der Waals surface area contributed by atoms with E-state index in [2.05, 4.69) is 4.85 Å². The molecule has 0 N–H and O–H groups in total. The van der Waals surface area contributed by atoms with Gasteiger partial charge in [0.15, 0.2) is 0 Å². The number of nitrogens with zero attached hydrogens (tertiary/aromatic N) is 1. The van der Waals surface area contributed by atoms with Crippen LogP contribution in [0.3, 0.4) is 0 Å². The number of hydrogen-bond donors (Lipinski definition) is 0. The third-order valence-corrected chi connectivity index (χ3v) is 1.72. The Morgan fingerprint density at radius 3 is 3.00 bits per heavy atom. The Balaban J connectivity index is 2.63. The van der Waals surface area contributed by atoms with E-state index in [1.807, 2.05) is 31.2 Å². The van der Waals surface area contributed by atoms with Crippen LogP contribution in [0.15, 0.2) is 24.3 Å². The summed E-state index contributed by atoms with van der Waals surface area (Å²) in [6.45, 7) is 9.88. The largest absolute Gasteiger partial charge is 0.494 e. The smallest absolute Gasteiger partial charge is 0.218 e. The van der Waals surface area contributed by atoms with Gasteiger partial charge in [-0.2, -0.15) is 0 Å². The highest BCUT2D eigenvalue weighted by atomic mass is 16.5. The Hall–Kier alpha value is -1.49. The van der Waals surface area contributed by atoms with Gasteiger partial charge in [0.2, 0.25) is 6.54 Å². The Labute approximate surface area is 79.0 Å². The van der Waals surface area contributed by atoms with Crippen molar-refractivity contribution in [3.05, 3.63) is 41.2 Å². The maximum atomic E-state index is 6.68. The van der Waals surface area contributed by atoms with Gasteiger partial charge in [0, 0.05) is 6.42 Å². The molecule has 0 bridgehead atoms. The van der Waals surface area contributed by atoms with Crippen molar-refractivity contribution in [2.75, 3.05) is 13.2 Å². The first-order valence-electron chi connectivity index (χ1n) is 4.41. The molecule has 0 spiro atoms. The first kappa shape index (κ1) is 9.60. The van der Waals surface area contributed by atoms with Gasteiger partial charge in [0.1, 0.15) is 5.75 Å². The topological polar surface area (TPSA) is 13.6 Å². The second-order valence-electron chi connectivity index (χ2n) is 2.71. The molecule has 68 valence electrons. The first-order valence-corrected chi connectivity index (χ1v) is 4.41. The molecule has 0 radical (unpaired) electrons. The van der Waals surface area contributed by atoms with Gasteiger partial charge in [-0.15, -0.1) is 0 Å². The first-order chi connectivity index (χ1) is 6.36. The molecule has 0 amide bonds. The van der Waals surface area contributed by atoms with E-state index in [0.29, 0.717) is 13.2 Å². The average molecular weight is 175 g/mol. The summed E-state index contributed by atoms with van der Waals surface area (Å²) in [6.07, 6.45) is 0.810. The summed E-state index contributed by atoms with van der Waals surface area (Å²) in [5.74, 6) is 0.894. The molecule has 2 nitrogen and oxygen atoms in total. The minimum Gasteiger partial charge on any atom is -0.494 e. The zero-order valence-electron chi connectivity index (χ0n) is 7.79. The van der Waals surface area contributed by atoms with Gasteiger partial charge in [-0.05, 0) is 24.6 Å². The fraction of sp³-hybridized carbons (Fsp3) is 0.364. The van der Waals surface area contributed by atoms with Crippen LogP contribution in [0.25, 0.3) is 4.85 Å². The van der Waals surface area contributed by atoms with E-state index in [4.69, 9.17) is 11.3 Å². The van der Waals surface area contributed by atoms with Gasteiger partial charge in [0.05, 0.1) is 6.61 Å². The minimum absolute atomic E-state index is 0.551. The molecule has 1 rings (SSSR count). The van der Waals surface area contributed by atoms with Crippen molar-refractivity contribution < 1.29 is 4.74 Å². The number of rotatable bonds is 4. The maximum absolute atomic E-state index is 6.68. The standard InChI is InChI=1S/C11H13NO/c1-3-13-11-6-4-5-10(9-11)7-8-12-2/h4-6,9H,3,7-8H2,1H3. The molecule has 0 aliphatic rings. The second kappa shape index (κ2) is 5.21. The van der Waals surface area contributed by atoms with Gasteiger partial charge in [0.25, 0.3) is 0 Å². The molecule has 0 saturated carbocycles. The Kier molecular flexibility index (Phi) is 3.84. The lowest BCUT2D eigenvalue weighted by molar-refractivity contribution is 0.340. The van der Waals surface area contributed by atoms with Gasteiger partial charge in [-0.3, -0.25) is 0 Å². The number of benzene rings is 1. The van der Waals surface area contributed by atoms with Crippen LogP contribution < -0.4 is 4.74 Å². The zero-order valence-corrected chi connectivity index (χ0v) is 7.79.